The van der Waals surface area contributed by atoms with Gasteiger partial charge in [0.1, 0.15) is 5.82 Å². The second-order valence-electron chi connectivity index (χ2n) is 5.12. The predicted octanol–water partition coefficient (Wildman–Crippen LogP) is 3.40. The molecule has 2 rings (SSSR count). The van der Waals surface area contributed by atoms with Gasteiger partial charge in [0.25, 0.3) is 5.91 Å². The van der Waals surface area contributed by atoms with E-state index in [1.807, 2.05) is 0 Å². The van der Waals surface area contributed by atoms with Crippen molar-refractivity contribution in [2.75, 3.05) is 11.6 Å². The lowest BCUT2D eigenvalue weighted by molar-refractivity contribution is -0.123. The van der Waals surface area contributed by atoms with Crippen LogP contribution in [-0.4, -0.2) is 28.4 Å². The van der Waals surface area contributed by atoms with E-state index < -0.39 is 34.6 Å². The first kappa shape index (κ1) is 19.1. The minimum Gasteiger partial charge on any atom is -0.449 e. The molecule has 0 heterocycles. The van der Waals surface area contributed by atoms with Crippen LogP contribution in [0.1, 0.15) is 17.3 Å². The summed E-state index contributed by atoms with van der Waals surface area (Å²) >= 11 is 5.65. The zero-order chi connectivity index (χ0) is 18.6. The number of ether oxygens (including phenoxy) is 1. The molecular weight excluding hydrogens is 369 g/mol. The van der Waals surface area contributed by atoms with Crippen LogP contribution in [0.4, 0.5) is 10.1 Å². The molecule has 1 N–H and O–H groups in total. The smallest absolute Gasteiger partial charge is 0.340 e. The summed E-state index contributed by atoms with van der Waals surface area (Å²) in [4.78, 5) is 24.7. The molecule has 5 nitrogen and oxygen atoms in total. The van der Waals surface area contributed by atoms with E-state index in [9.17, 15) is 18.2 Å². The molecule has 0 fully saturated rings. The highest BCUT2D eigenvalue weighted by atomic mass is 35.5. The molecular formula is C17H15ClFNO4S. The summed E-state index contributed by atoms with van der Waals surface area (Å²) in [6.45, 7) is 1.39. The van der Waals surface area contributed by atoms with E-state index in [2.05, 4.69) is 5.32 Å². The van der Waals surface area contributed by atoms with Gasteiger partial charge in [-0.3, -0.25) is 9.00 Å². The lowest BCUT2D eigenvalue weighted by Gasteiger charge is -2.14. The molecule has 2 aromatic carbocycles. The van der Waals surface area contributed by atoms with Crippen molar-refractivity contribution in [3.05, 3.63) is 58.9 Å². The van der Waals surface area contributed by atoms with E-state index in [4.69, 9.17) is 16.3 Å². The second-order valence-corrected chi connectivity index (χ2v) is 6.87. The average molecular weight is 384 g/mol. The third-order valence-electron chi connectivity index (χ3n) is 3.26. The van der Waals surface area contributed by atoms with Gasteiger partial charge in [-0.05, 0) is 37.3 Å². The van der Waals surface area contributed by atoms with Crippen LogP contribution in [0.25, 0.3) is 0 Å². The number of rotatable bonds is 5. The number of amides is 1. The molecule has 8 heteroatoms. The highest BCUT2D eigenvalue weighted by Crippen LogP contribution is 2.20. The maximum Gasteiger partial charge on any atom is 0.340 e. The van der Waals surface area contributed by atoms with Gasteiger partial charge in [-0.1, -0.05) is 23.7 Å². The second kappa shape index (κ2) is 8.22. The summed E-state index contributed by atoms with van der Waals surface area (Å²) in [5.41, 5.74) is 0.405. The number of benzene rings is 2. The van der Waals surface area contributed by atoms with Crippen molar-refractivity contribution >= 4 is 40.0 Å². The first-order chi connectivity index (χ1) is 11.8. The van der Waals surface area contributed by atoms with Crippen LogP contribution < -0.4 is 5.32 Å². The Hall–Kier alpha value is -2.25. The fraction of sp³-hybridized carbons (Fsp3) is 0.176. The quantitative estimate of drug-likeness (QED) is 0.803. The van der Waals surface area contributed by atoms with Gasteiger partial charge in [0, 0.05) is 11.9 Å². The first-order valence-corrected chi connectivity index (χ1v) is 9.12. The maximum atomic E-state index is 13.1. The van der Waals surface area contributed by atoms with Crippen molar-refractivity contribution in [2.45, 2.75) is 17.9 Å². The lowest BCUT2D eigenvalue weighted by atomic mass is 10.2. The van der Waals surface area contributed by atoms with Gasteiger partial charge in [-0.25, -0.2) is 9.18 Å². The molecule has 0 unspecified atom stereocenters. The molecule has 0 radical (unpaired) electrons. The number of nitrogens with one attached hydrogen (secondary N) is 1. The largest absolute Gasteiger partial charge is 0.449 e. The summed E-state index contributed by atoms with van der Waals surface area (Å²) in [7, 11) is -1.37. The molecule has 0 saturated heterocycles. The van der Waals surface area contributed by atoms with E-state index in [1.54, 1.807) is 18.2 Å². The number of esters is 1. The van der Waals surface area contributed by atoms with Gasteiger partial charge >= 0.3 is 5.97 Å². The Morgan fingerprint density at radius 2 is 1.92 bits per heavy atom. The Morgan fingerprint density at radius 3 is 2.56 bits per heavy atom. The molecule has 1 amide bonds. The van der Waals surface area contributed by atoms with E-state index in [-0.39, 0.29) is 16.3 Å². The Labute approximate surface area is 151 Å². The van der Waals surface area contributed by atoms with Crippen molar-refractivity contribution in [3.63, 3.8) is 0 Å². The molecule has 0 aromatic heterocycles. The Kier molecular flexibility index (Phi) is 6.27. The summed E-state index contributed by atoms with van der Waals surface area (Å²) in [5, 5.41) is 2.34. The monoisotopic (exact) mass is 383 g/mol. The third kappa shape index (κ3) is 4.87. The van der Waals surface area contributed by atoms with Crippen molar-refractivity contribution < 1.29 is 22.9 Å². The van der Waals surface area contributed by atoms with Gasteiger partial charge < -0.3 is 10.1 Å². The number of carbonyl (C=O) groups is 2. The van der Waals surface area contributed by atoms with Crippen LogP contribution in [-0.2, 0) is 20.3 Å². The van der Waals surface area contributed by atoms with E-state index in [0.29, 0.717) is 4.90 Å². The van der Waals surface area contributed by atoms with Gasteiger partial charge in [0.05, 0.1) is 26.3 Å². The summed E-state index contributed by atoms with van der Waals surface area (Å²) in [5.74, 6) is -1.97. The van der Waals surface area contributed by atoms with Crippen molar-refractivity contribution in [1.82, 2.24) is 0 Å². The molecule has 2 atom stereocenters. The van der Waals surface area contributed by atoms with Crippen LogP contribution in [0.2, 0.25) is 5.02 Å². The fourth-order valence-electron chi connectivity index (χ4n) is 1.98. The summed E-state index contributed by atoms with van der Waals surface area (Å²) in [6.07, 6.45) is 0.329. The molecule has 132 valence electrons. The van der Waals surface area contributed by atoms with Crippen LogP contribution in [0, 0.1) is 5.82 Å². The summed E-state index contributed by atoms with van der Waals surface area (Å²) in [6, 6.07) is 9.99. The third-order valence-corrected chi connectivity index (χ3v) is 4.52. The van der Waals surface area contributed by atoms with Crippen molar-refractivity contribution in [1.29, 1.82) is 0 Å². The number of hydrogen-bond acceptors (Lipinski definition) is 4. The summed E-state index contributed by atoms with van der Waals surface area (Å²) < 4.78 is 29.9. The van der Waals surface area contributed by atoms with Gasteiger partial charge in [-0.15, -0.1) is 0 Å². The highest BCUT2D eigenvalue weighted by molar-refractivity contribution is 7.84. The van der Waals surface area contributed by atoms with Gasteiger partial charge in [-0.2, -0.15) is 0 Å². The van der Waals surface area contributed by atoms with Crippen molar-refractivity contribution in [3.8, 4) is 0 Å². The van der Waals surface area contributed by atoms with Crippen LogP contribution >= 0.6 is 11.6 Å². The number of hydrogen-bond donors (Lipinski definition) is 1. The average Bonchev–Trinajstić information content (AvgIpc) is 2.58. The Bertz CT molecular complexity index is 843. The van der Waals surface area contributed by atoms with E-state index >= 15 is 0 Å². The normalized spacial score (nSPS) is 13.0. The van der Waals surface area contributed by atoms with E-state index in [1.165, 1.54) is 31.4 Å². The molecule has 2 aromatic rings. The first-order valence-electron chi connectivity index (χ1n) is 7.19. The minimum atomic E-state index is -1.37. The SMILES string of the molecule is C[C@H](OC(=O)c1ccccc1[S@](C)=O)C(=O)Nc1ccc(F)c(Cl)c1. The molecule has 25 heavy (non-hydrogen) atoms. The molecule has 0 aliphatic heterocycles. The predicted molar refractivity (Wildman–Crippen MR) is 93.7 cm³/mol. The van der Waals surface area contributed by atoms with Crippen molar-refractivity contribution in [2.24, 2.45) is 0 Å². The van der Waals surface area contributed by atoms with Gasteiger partial charge in [0.15, 0.2) is 6.10 Å². The van der Waals surface area contributed by atoms with Crippen LogP contribution in [0.3, 0.4) is 0 Å². The lowest BCUT2D eigenvalue weighted by Crippen LogP contribution is -2.30. The van der Waals surface area contributed by atoms with E-state index in [0.717, 1.165) is 6.07 Å². The van der Waals surface area contributed by atoms with Gasteiger partial charge in [0.2, 0.25) is 0 Å². The Balaban J connectivity index is 2.07. The molecule has 0 spiro atoms. The molecule has 0 saturated carbocycles. The topological polar surface area (TPSA) is 72.5 Å². The minimum absolute atomic E-state index is 0.132. The van der Waals surface area contributed by atoms with Crippen LogP contribution in [0.5, 0.6) is 0 Å². The number of halogens is 2. The standard InChI is InChI=1S/C17H15ClFNO4S/c1-10(16(21)20-11-7-8-14(19)13(18)9-11)24-17(22)12-5-3-4-6-15(12)25(2)23/h3-10H,1-2H3,(H,20,21)/t10-,25-/m0/s1. The molecule has 0 bridgehead atoms. The van der Waals surface area contributed by atoms with Crippen LogP contribution in [0.15, 0.2) is 47.4 Å². The zero-order valence-electron chi connectivity index (χ0n) is 13.4. The molecule has 0 aliphatic rings. The number of anilines is 1. The highest BCUT2D eigenvalue weighted by Gasteiger charge is 2.22. The fourth-order valence-corrected chi connectivity index (χ4v) is 2.89. The maximum absolute atomic E-state index is 13.1. The molecule has 0 aliphatic carbocycles. The number of carbonyl (C=O) groups excluding carboxylic acids is 2. The zero-order valence-corrected chi connectivity index (χ0v) is 15.0. The Morgan fingerprint density at radius 1 is 1.24 bits per heavy atom.